The average Bonchev–Trinajstić information content (AvgIpc) is 3.42. The zero-order valence-electron chi connectivity index (χ0n) is 21.7. The monoisotopic (exact) mass is 463 g/mol. The van der Waals surface area contributed by atoms with E-state index < -0.39 is 5.60 Å². The van der Waals surface area contributed by atoms with E-state index >= 15 is 0 Å². The maximum absolute atomic E-state index is 11.7. The highest BCUT2D eigenvalue weighted by Gasteiger charge is 2.61. The number of aromatic nitrogens is 2. The van der Waals surface area contributed by atoms with Crippen LogP contribution in [0.15, 0.2) is 25.0 Å². The quantitative estimate of drug-likeness (QED) is 0.475. The van der Waals surface area contributed by atoms with Crippen molar-refractivity contribution in [3.05, 3.63) is 30.6 Å². The minimum atomic E-state index is -0.813. The summed E-state index contributed by atoms with van der Waals surface area (Å²) in [7, 11) is 0. The van der Waals surface area contributed by atoms with E-state index in [9.17, 15) is 5.11 Å². The van der Waals surface area contributed by atoms with Crippen molar-refractivity contribution in [2.24, 2.45) is 46.3 Å². The Morgan fingerprint density at radius 1 is 1.21 bits per heavy atom. The number of nitrogens with zero attached hydrogens (tertiary/aromatic N) is 3. The predicted molar refractivity (Wildman–Crippen MR) is 136 cm³/mol. The van der Waals surface area contributed by atoms with Gasteiger partial charge in [-0.05, 0) is 105 Å². The van der Waals surface area contributed by atoms with Crippen LogP contribution in [0.1, 0.15) is 97.0 Å². The fraction of sp³-hybridized carbons (Fsp3) is 0.800. The minimum absolute atomic E-state index is 0.198. The summed E-state index contributed by atoms with van der Waals surface area (Å²) in [4.78, 5) is 0. The topological polar surface area (TPSA) is 61.8 Å². The van der Waals surface area contributed by atoms with E-state index in [1.54, 1.807) is 17.1 Å². The fourth-order valence-corrected chi connectivity index (χ4v) is 10.0. The zero-order chi connectivity index (χ0) is 24.1. The molecule has 0 radical (unpaired) electrons. The second-order valence-electron chi connectivity index (χ2n) is 13.0. The van der Waals surface area contributed by atoms with Gasteiger partial charge in [-0.25, -0.2) is 0 Å². The molecule has 4 heteroatoms. The molecule has 4 nitrogen and oxygen atoms in total. The van der Waals surface area contributed by atoms with Gasteiger partial charge in [-0.1, -0.05) is 39.2 Å². The van der Waals surface area contributed by atoms with Crippen molar-refractivity contribution in [3.8, 4) is 6.07 Å². The number of fused-ring (bicyclic) bond motifs is 5. The van der Waals surface area contributed by atoms with E-state index in [0.29, 0.717) is 17.5 Å². The van der Waals surface area contributed by atoms with Crippen LogP contribution >= 0.6 is 0 Å². The van der Waals surface area contributed by atoms with Crippen molar-refractivity contribution in [2.45, 2.75) is 104 Å². The molecular weight excluding hydrogens is 418 g/mol. The molecule has 4 aliphatic carbocycles. The van der Waals surface area contributed by atoms with E-state index in [2.05, 4.69) is 37.7 Å². The molecule has 0 bridgehead atoms. The van der Waals surface area contributed by atoms with E-state index in [-0.39, 0.29) is 11.3 Å². The summed E-state index contributed by atoms with van der Waals surface area (Å²) >= 11 is 0. The van der Waals surface area contributed by atoms with E-state index in [0.717, 1.165) is 36.0 Å². The molecule has 1 heterocycles. The summed E-state index contributed by atoms with van der Waals surface area (Å²) in [6, 6.07) is 2.15. The van der Waals surface area contributed by atoms with Crippen LogP contribution in [0.2, 0.25) is 0 Å². The van der Waals surface area contributed by atoms with Crippen molar-refractivity contribution in [1.82, 2.24) is 9.78 Å². The first-order chi connectivity index (χ1) is 16.3. The van der Waals surface area contributed by atoms with Gasteiger partial charge in [0.2, 0.25) is 0 Å². The molecule has 3 unspecified atom stereocenters. The summed E-state index contributed by atoms with van der Waals surface area (Å²) in [5.74, 6) is 4.41. The van der Waals surface area contributed by atoms with E-state index in [4.69, 9.17) is 5.26 Å². The number of aliphatic hydroxyl groups is 1. The smallest absolute Gasteiger partial charge is 0.102 e. The number of rotatable bonds is 6. The van der Waals surface area contributed by atoms with Crippen molar-refractivity contribution in [1.29, 1.82) is 5.26 Å². The molecule has 1 N–H and O–H groups in total. The third-order valence-electron chi connectivity index (χ3n) is 11.3. The molecule has 1 aromatic rings. The van der Waals surface area contributed by atoms with Crippen LogP contribution in [-0.4, -0.2) is 20.5 Å². The molecule has 1 aromatic heterocycles. The third kappa shape index (κ3) is 3.78. The molecule has 4 saturated carbocycles. The van der Waals surface area contributed by atoms with Gasteiger partial charge in [0.1, 0.15) is 6.07 Å². The van der Waals surface area contributed by atoms with Gasteiger partial charge in [0, 0.05) is 6.20 Å². The molecular formula is C30H45N3O. The second kappa shape index (κ2) is 8.81. The molecule has 0 amide bonds. The van der Waals surface area contributed by atoms with Crippen LogP contribution in [0.5, 0.6) is 0 Å². The molecule has 9 atom stereocenters. The Hall–Kier alpha value is -1.60. The molecule has 4 aliphatic rings. The Labute approximate surface area is 206 Å². The Bertz CT molecular complexity index is 943. The van der Waals surface area contributed by atoms with Crippen LogP contribution in [0.25, 0.3) is 0 Å². The van der Waals surface area contributed by atoms with Crippen molar-refractivity contribution >= 4 is 0 Å². The molecule has 5 rings (SSSR count). The highest BCUT2D eigenvalue weighted by molar-refractivity contribution is 5.22. The summed E-state index contributed by atoms with van der Waals surface area (Å²) < 4.78 is 1.77. The lowest BCUT2D eigenvalue weighted by atomic mass is 9.44. The van der Waals surface area contributed by atoms with Crippen LogP contribution in [0.3, 0.4) is 0 Å². The van der Waals surface area contributed by atoms with Gasteiger partial charge in [-0.15, -0.1) is 6.58 Å². The van der Waals surface area contributed by atoms with Crippen LogP contribution in [0, 0.1) is 57.7 Å². The Balaban J connectivity index is 1.34. The molecule has 186 valence electrons. The highest BCUT2D eigenvalue weighted by atomic mass is 16.3. The van der Waals surface area contributed by atoms with Gasteiger partial charge in [0.15, 0.2) is 0 Å². The lowest BCUT2D eigenvalue weighted by Gasteiger charge is -2.60. The van der Waals surface area contributed by atoms with Crippen LogP contribution in [-0.2, 0) is 6.54 Å². The molecule has 34 heavy (non-hydrogen) atoms. The first-order valence-corrected chi connectivity index (χ1v) is 14.0. The minimum Gasteiger partial charge on any atom is -0.388 e. The first kappa shape index (κ1) is 24.1. The Morgan fingerprint density at radius 3 is 2.65 bits per heavy atom. The maximum Gasteiger partial charge on any atom is 0.102 e. The van der Waals surface area contributed by atoms with Crippen molar-refractivity contribution in [3.63, 3.8) is 0 Å². The summed E-state index contributed by atoms with van der Waals surface area (Å²) in [6.07, 6.45) is 20.3. The van der Waals surface area contributed by atoms with Gasteiger partial charge in [-0.2, -0.15) is 10.4 Å². The normalized spacial score (nSPS) is 43.1. The van der Waals surface area contributed by atoms with Gasteiger partial charge in [0.05, 0.1) is 23.9 Å². The number of nitriles is 1. The molecule has 0 aliphatic heterocycles. The standard InChI is InChI=1S/C30H45N3O/c1-5-7-21-8-9-26-24-12-14-28(3)25(23(24)13-15-30(26,6-2)16-21)10-11-27(28)29(4,34)20-33-19-22(17-31)18-32-33/h6,18-19,21,23-27,34H,2,5,7-16,20H2,1,3-4H3/t21-,23+,24?,25?,26+,27-,28-,29?,30+/m0/s1. The Morgan fingerprint density at radius 2 is 1.94 bits per heavy atom. The number of hydrogen-bond acceptors (Lipinski definition) is 3. The fourth-order valence-electron chi connectivity index (χ4n) is 10.0. The van der Waals surface area contributed by atoms with Gasteiger partial charge in [0.25, 0.3) is 0 Å². The zero-order valence-corrected chi connectivity index (χ0v) is 21.7. The lowest BCUT2D eigenvalue weighted by molar-refractivity contribution is -0.126. The number of hydrogen-bond donors (Lipinski definition) is 1. The van der Waals surface area contributed by atoms with Gasteiger partial charge >= 0.3 is 0 Å². The summed E-state index contributed by atoms with van der Waals surface area (Å²) in [5, 5.41) is 25.2. The second-order valence-corrected chi connectivity index (χ2v) is 13.0. The van der Waals surface area contributed by atoms with Crippen molar-refractivity contribution < 1.29 is 5.11 Å². The number of allylic oxidation sites excluding steroid dienone is 1. The highest BCUT2D eigenvalue weighted by Crippen LogP contribution is 2.68. The third-order valence-corrected chi connectivity index (χ3v) is 11.3. The van der Waals surface area contributed by atoms with Gasteiger partial charge in [-0.3, -0.25) is 4.68 Å². The molecule has 4 fully saturated rings. The first-order valence-electron chi connectivity index (χ1n) is 14.0. The SMILES string of the molecule is C=C[C@]12CC[C@@H]3C(CC[C@@]4(C)C3CC[C@@H]4C(C)(O)Cn3cc(C#N)cn3)[C@H]1CC[C@H](CCC)C2. The maximum atomic E-state index is 11.7. The Kier molecular flexibility index (Phi) is 6.25. The van der Waals surface area contributed by atoms with Crippen LogP contribution < -0.4 is 0 Å². The largest absolute Gasteiger partial charge is 0.388 e. The lowest BCUT2D eigenvalue weighted by Crippen LogP contribution is -2.54. The average molecular weight is 464 g/mol. The van der Waals surface area contributed by atoms with Crippen molar-refractivity contribution in [2.75, 3.05) is 0 Å². The van der Waals surface area contributed by atoms with E-state index in [1.165, 1.54) is 64.2 Å². The van der Waals surface area contributed by atoms with Crippen LogP contribution in [0.4, 0.5) is 0 Å². The molecule has 0 spiro atoms. The summed E-state index contributed by atoms with van der Waals surface area (Å²) in [5.41, 5.74) is 0.333. The molecule has 0 saturated heterocycles. The predicted octanol–water partition coefficient (Wildman–Crippen LogP) is 6.75. The van der Waals surface area contributed by atoms with Gasteiger partial charge < -0.3 is 5.11 Å². The van der Waals surface area contributed by atoms with E-state index in [1.807, 2.05) is 6.92 Å². The molecule has 0 aromatic carbocycles. The summed E-state index contributed by atoms with van der Waals surface area (Å²) in [6.45, 7) is 11.7.